The molecule has 1 saturated heterocycles. The summed E-state index contributed by atoms with van der Waals surface area (Å²) in [7, 11) is 1.62. The second-order valence-electron chi connectivity index (χ2n) is 8.08. The lowest BCUT2D eigenvalue weighted by Gasteiger charge is -2.29. The van der Waals surface area contributed by atoms with Crippen LogP contribution in [0.4, 0.5) is 15.8 Å². The van der Waals surface area contributed by atoms with Crippen molar-refractivity contribution in [3.63, 3.8) is 0 Å². The lowest BCUT2D eigenvalue weighted by molar-refractivity contribution is 0.284. The number of hydrogen-bond acceptors (Lipinski definition) is 4. The first kappa shape index (κ1) is 23.7. The Hall–Kier alpha value is -2.44. The molecule has 3 aromatic rings. The van der Waals surface area contributed by atoms with E-state index >= 15 is 0 Å². The topological polar surface area (TPSA) is 33.7 Å². The van der Waals surface area contributed by atoms with E-state index in [1.54, 1.807) is 19.2 Å². The average Bonchev–Trinajstić information content (AvgIpc) is 2.83. The van der Waals surface area contributed by atoms with E-state index < -0.39 is 0 Å². The molecule has 0 spiro atoms. The highest BCUT2D eigenvalue weighted by molar-refractivity contribution is 9.10. The first-order valence-corrected chi connectivity index (χ1v) is 12.2. The van der Waals surface area contributed by atoms with Crippen molar-refractivity contribution >= 4 is 38.9 Å². The van der Waals surface area contributed by atoms with Gasteiger partial charge in [0.05, 0.1) is 17.8 Å². The molecule has 3 aromatic carbocycles. The minimum Gasteiger partial charge on any atom is -0.493 e. The van der Waals surface area contributed by atoms with E-state index in [0.717, 1.165) is 45.1 Å². The van der Waals surface area contributed by atoms with Crippen molar-refractivity contribution in [3.05, 3.63) is 81.0 Å². The van der Waals surface area contributed by atoms with Crippen molar-refractivity contribution in [2.24, 2.45) is 0 Å². The fourth-order valence-electron chi connectivity index (χ4n) is 3.93. The van der Waals surface area contributed by atoms with Crippen molar-refractivity contribution in [3.8, 4) is 11.5 Å². The SMILES string of the molecule is COc1cc(CNc2ccc(N3CCCCC3)c(Cl)c2)c(Br)cc1OCc1ccc(F)cc1. The van der Waals surface area contributed by atoms with Crippen molar-refractivity contribution in [1.82, 2.24) is 0 Å². The Bertz CT molecular complexity index is 1090. The summed E-state index contributed by atoms with van der Waals surface area (Å²) in [6.07, 6.45) is 3.73. The third kappa shape index (κ3) is 6.12. The van der Waals surface area contributed by atoms with Crippen molar-refractivity contribution < 1.29 is 13.9 Å². The van der Waals surface area contributed by atoms with Gasteiger partial charge in [-0.2, -0.15) is 0 Å². The Balaban J connectivity index is 1.41. The highest BCUT2D eigenvalue weighted by Gasteiger charge is 2.15. The van der Waals surface area contributed by atoms with E-state index in [9.17, 15) is 4.39 Å². The highest BCUT2D eigenvalue weighted by Crippen LogP contribution is 2.35. The maximum absolute atomic E-state index is 13.1. The van der Waals surface area contributed by atoms with Gasteiger partial charge < -0.3 is 19.7 Å². The number of nitrogens with one attached hydrogen (secondary N) is 1. The molecule has 1 aliphatic rings. The van der Waals surface area contributed by atoms with Crippen LogP contribution in [0, 0.1) is 5.82 Å². The normalized spacial score (nSPS) is 13.6. The molecule has 1 aliphatic heterocycles. The van der Waals surface area contributed by atoms with Crippen LogP contribution in [-0.2, 0) is 13.2 Å². The largest absolute Gasteiger partial charge is 0.493 e. The van der Waals surface area contributed by atoms with Gasteiger partial charge in [-0.25, -0.2) is 4.39 Å². The molecule has 4 rings (SSSR count). The molecule has 0 aromatic heterocycles. The molecular weight excluding hydrogens is 507 g/mol. The quantitative estimate of drug-likeness (QED) is 0.326. The van der Waals surface area contributed by atoms with Crippen LogP contribution in [0.25, 0.3) is 0 Å². The molecule has 1 fully saturated rings. The van der Waals surface area contributed by atoms with Crippen LogP contribution in [0.3, 0.4) is 0 Å². The number of hydrogen-bond donors (Lipinski definition) is 1. The van der Waals surface area contributed by atoms with Crippen LogP contribution in [0.15, 0.2) is 59.1 Å². The first-order chi connectivity index (χ1) is 16.0. The van der Waals surface area contributed by atoms with Gasteiger partial charge in [-0.1, -0.05) is 39.7 Å². The molecule has 7 heteroatoms. The van der Waals surface area contributed by atoms with E-state index in [2.05, 4.69) is 38.3 Å². The number of nitrogens with zero attached hydrogens (tertiary/aromatic N) is 1. The van der Waals surface area contributed by atoms with Crippen LogP contribution >= 0.6 is 27.5 Å². The minimum absolute atomic E-state index is 0.265. The van der Waals surface area contributed by atoms with Gasteiger partial charge in [-0.15, -0.1) is 0 Å². The van der Waals surface area contributed by atoms with E-state index in [1.165, 1.54) is 31.4 Å². The van der Waals surface area contributed by atoms with E-state index in [0.29, 0.717) is 24.7 Å². The summed E-state index contributed by atoms with van der Waals surface area (Å²) in [4.78, 5) is 2.36. The molecule has 1 N–H and O–H groups in total. The summed E-state index contributed by atoms with van der Waals surface area (Å²) in [6.45, 7) is 3.04. The number of anilines is 2. The molecule has 0 radical (unpaired) electrons. The number of halogens is 3. The molecule has 4 nitrogen and oxygen atoms in total. The van der Waals surface area contributed by atoms with Gasteiger partial charge in [-0.05, 0) is 72.9 Å². The smallest absolute Gasteiger partial charge is 0.162 e. The summed E-state index contributed by atoms with van der Waals surface area (Å²) in [5.41, 5.74) is 3.97. The van der Waals surface area contributed by atoms with Gasteiger partial charge in [0.2, 0.25) is 0 Å². The molecule has 0 aliphatic carbocycles. The summed E-state index contributed by atoms with van der Waals surface area (Å²) >= 11 is 10.2. The molecule has 33 heavy (non-hydrogen) atoms. The van der Waals surface area contributed by atoms with Crippen molar-refractivity contribution in [2.75, 3.05) is 30.4 Å². The van der Waals surface area contributed by atoms with Gasteiger partial charge in [0, 0.05) is 29.8 Å². The molecule has 0 atom stereocenters. The highest BCUT2D eigenvalue weighted by atomic mass is 79.9. The lowest BCUT2D eigenvalue weighted by Crippen LogP contribution is -2.29. The third-order valence-electron chi connectivity index (χ3n) is 5.77. The first-order valence-electron chi connectivity index (χ1n) is 11.1. The Labute approximate surface area is 207 Å². The number of rotatable bonds is 8. The van der Waals surface area contributed by atoms with Crippen LogP contribution < -0.4 is 19.7 Å². The van der Waals surface area contributed by atoms with E-state index in [1.807, 2.05) is 18.2 Å². The zero-order valence-electron chi connectivity index (χ0n) is 18.5. The summed E-state index contributed by atoms with van der Waals surface area (Å²) in [6, 6.07) is 16.2. The predicted octanol–water partition coefficient (Wildman–Crippen LogP) is 7.43. The number of methoxy groups -OCH3 is 1. The molecule has 0 bridgehead atoms. The summed E-state index contributed by atoms with van der Waals surface area (Å²) in [5.74, 6) is 0.986. The average molecular weight is 534 g/mol. The van der Waals surface area contributed by atoms with Crippen molar-refractivity contribution in [1.29, 1.82) is 0 Å². The van der Waals surface area contributed by atoms with Crippen LogP contribution in [0.5, 0.6) is 11.5 Å². The second-order valence-corrected chi connectivity index (χ2v) is 9.34. The zero-order chi connectivity index (χ0) is 23.2. The zero-order valence-corrected chi connectivity index (χ0v) is 20.9. The van der Waals surface area contributed by atoms with Crippen LogP contribution in [0.1, 0.15) is 30.4 Å². The third-order valence-corrected chi connectivity index (χ3v) is 6.81. The molecule has 0 saturated carbocycles. The maximum atomic E-state index is 13.1. The maximum Gasteiger partial charge on any atom is 0.162 e. The van der Waals surface area contributed by atoms with Crippen LogP contribution in [-0.4, -0.2) is 20.2 Å². The Morgan fingerprint density at radius 1 is 1.00 bits per heavy atom. The number of ether oxygens (including phenoxy) is 2. The van der Waals surface area contributed by atoms with Crippen molar-refractivity contribution in [2.45, 2.75) is 32.4 Å². The molecule has 0 unspecified atom stereocenters. The van der Waals surface area contributed by atoms with E-state index in [-0.39, 0.29) is 5.82 Å². The van der Waals surface area contributed by atoms with Crippen LogP contribution in [0.2, 0.25) is 5.02 Å². The summed E-state index contributed by atoms with van der Waals surface area (Å²) in [5, 5.41) is 4.21. The fourth-order valence-corrected chi connectivity index (χ4v) is 4.69. The standard InChI is InChI=1S/C26H27BrClFN2O2/c1-32-25-13-19(22(27)15-26(25)33-17-18-5-7-20(29)8-6-18)16-30-21-9-10-24(23(28)14-21)31-11-3-2-4-12-31/h5-10,13-15,30H,2-4,11-12,16-17H2,1H3. The molecule has 174 valence electrons. The summed E-state index contributed by atoms with van der Waals surface area (Å²) < 4.78 is 25.5. The Kier molecular flexibility index (Phi) is 7.99. The monoisotopic (exact) mass is 532 g/mol. The fraction of sp³-hybridized carbons (Fsp3) is 0.308. The second kappa shape index (κ2) is 11.1. The number of piperidine rings is 1. The molecule has 1 heterocycles. The van der Waals surface area contributed by atoms with Gasteiger partial charge in [0.25, 0.3) is 0 Å². The Morgan fingerprint density at radius 2 is 1.76 bits per heavy atom. The predicted molar refractivity (Wildman–Crippen MR) is 136 cm³/mol. The number of benzene rings is 3. The molecular formula is C26H27BrClFN2O2. The van der Waals surface area contributed by atoms with Gasteiger partial charge >= 0.3 is 0 Å². The Morgan fingerprint density at radius 3 is 2.45 bits per heavy atom. The lowest BCUT2D eigenvalue weighted by atomic mass is 10.1. The van der Waals surface area contributed by atoms with E-state index in [4.69, 9.17) is 21.1 Å². The van der Waals surface area contributed by atoms with Gasteiger partial charge in [-0.3, -0.25) is 0 Å². The van der Waals surface area contributed by atoms with Gasteiger partial charge in [0.1, 0.15) is 12.4 Å². The van der Waals surface area contributed by atoms with Gasteiger partial charge in [0.15, 0.2) is 11.5 Å². The molecule has 0 amide bonds. The minimum atomic E-state index is -0.265.